The minimum atomic E-state index is -3.64. The molecule has 0 radical (unpaired) electrons. The Morgan fingerprint density at radius 2 is 1.96 bits per heavy atom. The van der Waals surface area contributed by atoms with E-state index >= 15 is 0 Å². The van der Waals surface area contributed by atoms with Gasteiger partial charge in [0.2, 0.25) is 21.1 Å². The maximum absolute atomic E-state index is 12.7. The smallest absolute Gasteiger partial charge is 0.250 e. The molecular formula is C15H20N4O3S3. The van der Waals surface area contributed by atoms with Crippen LogP contribution in [-0.2, 0) is 14.8 Å². The number of benzene rings is 1. The quantitative estimate of drug-likeness (QED) is 0.567. The van der Waals surface area contributed by atoms with Crippen LogP contribution < -0.4 is 9.62 Å². The first-order valence-corrected chi connectivity index (χ1v) is 11.4. The van der Waals surface area contributed by atoms with Crippen LogP contribution in [0, 0.1) is 6.92 Å². The molecule has 0 aliphatic heterocycles. The number of carbonyl (C=O) groups is 1. The largest absolute Gasteiger partial charge is 0.299 e. The van der Waals surface area contributed by atoms with Crippen LogP contribution in [0.1, 0.15) is 18.9 Å². The Morgan fingerprint density at radius 1 is 1.32 bits per heavy atom. The van der Waals surface area contributed by atoms with E-state index in [1.807, 2.05) is 25.3 Å². The molecule has 0 aliphatic rings. The lowest BCUT2D eigenvalue weighted by atomic mass is 10.1. The number of anilines is 2. The van der Waals surface area contributed by atoms with Crippen LogP contribution >= 0.6 is 23.1 Å². The Hall–Kier alpha value is -1.65. The normalized spacial score (nSPS) is 12.6. The Kier molecular flexibility index (Phi) is 6.42. The minimum absolute atomic E-state index is 0.320. The molecule has 2 rings (SSSR count). The van der Waals surface area contributed by atoms with Gasteiger partial charge in [-0.2, -0.15) is 0 Å². The average Bonchev–Trinajstić information content (AvgIpc) is 3.00. The number of carbonyl (C=O) groups excluding carboxylic acids is 1. The molecule has 0 fully saturated rings. The summed E-state index contributed by atoms with van der Waals surface area (Å²) in [5, 5.41) is 10.8. The van der Waals surface area contributed by atoms with Crippen molar-refractivity contribution in [2.75, 3.05) is 22.1 Å². The molecule has 7 nitrogen and oxygen atoms in total. The van der Waals surface area contributed by atoms with Crippen molar-refractivity contribution in [3.05, 3.63) is 29.8 Å². The van der Waals surface area contributed by atoms with E-state index in [1.165, 1.54) is 23.1 Å². The molecule has 1 N–H and O–H groups in total. The number of nitrogens with one attached hydrogen (secondary N) is 1. The number of hydrogen-bond donors (Lipinski definition) is 1. The summed E-state index contributed by atoms with van der Waals surface area (Å²) in [7, 11) is -3.64. The van der Waals surface area contributed by atoms with Crippen molar-refractivity contribution in [3.63, 3.8) is 0 Å². The molecule has 1 aromatic carbocycles. The minimum Gasteiger partial charge on any atom is -0.299 e. The van der Waals surface area contributed by atoms with Crippen molar-refractivity contribution in [1.29, 1.82) is 0 Å². The summed E-state index contributed by atoms with van der Waals surface area (Å²) in [6.45, 7) is 3.68. The van der Waals surface area contributed by atoms with Gasteiger partial charge in [-0.25, -0.2) is 8.42 Å². The van der Waals surface area contributed by atoms with Gasteiger partial charge in [0.1, 0.15) is 6.04 Å². The van der Waals surface area contributed by atoms with Crippen LogP contribution in [0.5, 0.6) is 0 Å². The van der Waals surface area contributed by atoms with Crippen molar-refractivity contribution in [2.45, 2.75) is 30.6 Å². The highest BCUT2D eigenvalue weighted by Gasteiger charge is 2.32. The van der Waals surface area contributed by atoms with Crippen molar-refractivity contribution in [3.8, 4) is 0 Å². The first-order valence-electron chi connectivity index (χ1n) is 7.50. The van der Waals surface area contributed by atoms with Gasteiger partial charge in [-0.1, -0.05) is 47.7 Å². The van der Waals surface area contributed by atoms with E-state index in [0.29, 0.717) is 17.2 Å². The monoisotopic (exact) mass is 400 g/mol. The van der Waals surface area contributed by atoms with Crippen LogP contribution in [0.15, 0.2) is 28.6 Å². The lowest BCUT2D eigenvalue weighted by Gasteiger charge is -2.29. The van der Waals surface area contributed by atoms with Gasteiger partial charge >= 0.3 is 0 Å². The van der Waals surface area contributed by atoms with Crippen molar-refractivity contribution < 1.29 is 13.2 Å². The predicted octanol–water partition coefficient (Wildman–Crippen LogP) is 2.75. The van der Waals surface area contributed by atoms with Crippen LogP contribution in [0.4, 0.5) is 10.8 Å². The molecule has 1 aromatic heterocycles. The summed E-state index contributed by atoms with van der Waals surface area (Å²) in [6.07, 6.45) is 3.28. The molecule has 1 amide bonds. The fourth-order valence-corrected chi connectivity index (χ4v) is 4.67. The number of thioether (sulfide) groups is 1. The second-order valence-corrected chi connectivity index (χ2v) is 9.28. The lowest BCUT2D eigenvalue weighted by molar-refractivity contribution is -0.117. The predicted molar refractivity (Wildman–Crippen MR) is 103 cm³/mol. The molecule has 1 heterocycles. The van der Waals surface area contributed by atoms with E-state index < -0.39 is 22.0 Å². The second kappa shape index (κ2) is 8.15. The van der Waals surface area contributed by atoms with E-state index in [2.05, 4.69) is 15.5 Å². The summed E-state index contributed by atoms with van der Waals surface area (Å²) >= 11 is 2.67. The maximum Gasteiger partial charge on any atom is 0.250 e. The number of sulfonamides is 1. The number of amides is 1. The number of hydrogen-bond acceptors (Lipinski definition) is 7. The summed E-state index contributed by atoms with van der Waals surface area (Å²) in [5.74, 6) is -0.433. The SMILES string of the molecule is CC[C@@H](C(=O)Nc1nnc(SC)s1)N(c1ccc(C)cc1)S(C)(=O)=O. The molecule has 0 saturated heterocycles. The second-order valence-electron chi connectivity index (χ2n) is 5.38. The number of nitrogens with zero attached hydrogens (tertiary/aromatic N) is 3. The zero-order valence-electron chi connectivity index (χ0n) is 14.4. The van der Waals surface area contributed by atoms with Gasteiger partial charge in [-0.15, -0.1) is 10.2 Å². The van der Waals surface area contributed by atoms with Gasteiger partial charge in [-0.3, -0.25) is 14.4 Å². The van der Waals surface area contributed by atoms with Crippen LogP contribution in [0.25, 0.3) is 0 Å². The Balaban J connectivity index is 2.32. The van der Waals surface area contributed by atoms with E-state index in [4.69, 9.17) is 0 Å². The number of rotatable bonds is 7. The molecule has 0 saturated carbocycles. The molecule has 1 atom stereocenters. The van der Waals surface area contributed by atoms with Crippen molar-refractivity contribution in [2.24, 2.45) is 0 Å². The first-order chi connectivity index (χ1) is 11.8. The Bertz CT molecular complexity index is 834. The molecular weight excluding hydrogens is 380 g/mol. The fourth-order valence-electron chi connectivity index (χ4n) is 2.28. The van der Waals surface area contributed by atoms with Gasteiger partial charge in [0, 0.05) is 0 Å². The lowest BCUT2D eigenvalue weighted by Crippen LogP contribution is -2.47. The molecule has 0 bridgehead atoms. The number of aromatic nitrogens is 2. The summed E-state index contributed by atoms with van der Waals surface area (Å²) in [5.41, 5.74) is 1.46. The van der Waals surface area contributed by atoms with Crippen molar-refractivity contribution in [1.82, 2.24) is 10.2 Å². The molecule has 0 unspecified atom stereocenters. The molecule has 10 heteroatoms. The Labute approximate surface area is 155 Å². The van der Waals surface area contributed by atoms with E-state index in [9.17, 15) is 13.2 Å². The van der Waals surface area contributed by atoms with Crippen LogP contribution in [0.2, 0.25) is 0 Å². The van der Waals surface area contributed by atoms with Gasteiger partial charge in [0.25, 0.3) is 0 Å². The molecule has 25 heavy (non-hydrogen) atoms. The van der Waals surface area contributed by atoms with Gasteiger partial charge in [0.05, 0.1) is 11.9 Å². The van der Waals surface area contributed by atoms with Crippen LogP contribution in [-0.4, -0.2) is 43.1 Å². The molecule has 2 aromatic rings. The van der Waals surface area contributed by atoms with Crippen molar-refractivity contribution >= 4 is 49.8 Å². The standard InChI is InChI=1S/C15H20N4O3S3/c1-5-12(13(20)16-14-17-18-15(23-3)24-14)19(25(4,21)22)11-8-6-10(2)7-9-11/h6-9,12H,5H2,1-4H3,(H,16,17,20)/t12-/m0/s1. The third-order valence-electron chi connectivity index (χ3n) is 3.43. The zero-order valence-corrected chi connectivity index (χ0v) is 16.8. The molecule has 136 valence electrons. The molecule has 0 aliphatic carbocycles. The summed E-state index contributed by atoms with van der Waals surface area (Å²) in [4.78, 5) is 12.7. The third kappa shape index (κ3) is 4.93. The third-order valence-corrected chi connectivity index (χ3v) is 6.42. The molecule has 0 spiro atoms. The highest BCUT2D eigenvalue weighted by atomic mass is 32.2. The number of aryl methyl sites for hydroxylation is 1. The summed E-state index contributed by atoms with van der Waals surface area (Å²) in [6, 6.07) is 6.15. The zero-order chi connectivity index (χ0) is 18.6. The Morgan fingerprint density at radius 3 is 2.44 bits per heavy atom. The van der Waals surface area contributed by atoms with Crippen LogP contribution in [0.3, 0.4) is 0 Å². The highest BCUT2D eigenvalue weighted by molar-refractivity contribution is 8.00. The first kappa shape index (κ1) is 19.7. The van der Waals surface area contributed by atoms with Gasteiger partial charge in [-0.05, 0) is 31.7 Å². The topological polar surface area (TPSA) is 92.3 Å². The fraction of sp³-hybridized carbons (Fsp3) is 0.400. The highest BCUT2D eigenvalue weighted by Crippen LogP contribution is 2.26. The van der Waals surface area contributed by atoms with E-state index in [-0.39, 0.29) is 0 Å². The van der Waals surface area contributed by atoms with Gasteiger partial charge in [0.15, 0.2) is 4.34 Å². The summed E-state index contributed by atoms with van der Waals surface area (Å²) < 4.78 is 26.6. The average molecular weight is 401 g/mol. The van der Waals surface area contributed by atoms with E-state index in [0.717, 1.165) is 20.5 Å². The maximum atomic E-state index is 12.7. The van der Waals surface area contributed by atoms with Gasteiger partial charge < -0.3 is 0 Å². The van der Waals surface area contributed by atoms with E-state index in [1.54, 1.807) is 19.1 Å².